The van der Waals surface area contributed by atoms with Crippen LogP contribution < -0.4 is 15.4 Å². The number of carbonyl (C=O) groups excluding carboxylic acids is 1. The number of aryl methyl sites for hydroxylation is 1. The Kier molecular flexibility index (Phi) is 9.35. The second kappa shape index (κ2) is 13.4. The van der Waals surface area contributed by atoms with Crippen LogP contribution in [0.5, 0.6) is 5.88 Å². The van der Waals surface area contributed by atoms with Crippen molar-refractivity contribution in [2.75, 3.05) is 40.8 Å². The molecule has 0 bridgehead atoms. The van der Waals surface area contributed by atoms with Gasteiger partial charge in [-0.05, 0) is 14.1 Å². The highest BCUT2D eigenvalue weighted by molar-refractivity contribution is 6.39. The zero-order valence-corrected chi connectivity index (χ0v) is 27.8. The van der Waals surface area contributed by atoms with Crippen LogP contribution in [-0.4, -0.2) is 76.5 Å². The van der Waals surface area contributed by atoms with Crippen LogP contribution in [0.4, 0.5) is 0 Å². The smallest absolute Gasteiger partial charge is 0.237 e. The first kappa shape index (κ1) is 32.0. The minimum Gasteiger partial charge on any atom is -0.480 e. The lowest BCUT2D eigenvalue weighted by Gasteiger charge is -2.49. The van der Waals surface area contributed by atoms with Gasteiger partial charge >= 0.3 is 0 Å². The van der Waals surface area contributed by atoms with Crippen LogP contribution >= 0.6 is 23.2 Å². The van der Waals surface area contributed by atoms with Gasteiger partial charge in [0.1, 0.15) is 17.5 Å². The van der Waals surface area contributed by atoms with Gasteiger partial charge in [0.05, 0.1) is 40.9 Å². The average Bonchev–Trinajstić information content (AvgIpc) is 3.35. The van der Waals surface area contributed by atoms with Gasteiger partial charge in [0.15, 0.2) is 5.65 Å². The molecule has 0 amide bonds. The number of aromatic nitrogens is 5. The number of hydrogen-bond acceptors (Lipinski definition) is 9. The Hall–Kier alpha value is -3.93. The molecule has 238 valence electrons. The number of fused-ring (bicyclic) bond motifs is 1. The highest BCUT2D eigenvalue weighted by Gasteiger charge is 2.42. The Bertz CT molecular complexity index is 1900. The highest BCUT2D eigenvalue weighted by atomic mass is 35.5. The molecule has 1 aliphatic heterocycles. The second-order valence-electron chi connectivity index (χ2n) is 11.8. The van der Waals surface area contributed by atoms with Crippen molar-refractivity contribution >= 4 is 40.7 Å². The molecule has 0 spiro atoms. The number of aldehydes is 1. The van der Waals surface area contributed by atoms with E-state index in [1.165, 1.54) is 0 Å². The number of nitrogens with zero attached hydrogens (tertiary/aromatic N) is 6. The first-order valence-corrected chi connectivity index (χ1v) is 15.8. The molecule has 12 heteroatoms. The third kappa shape index (κ3) is 5.99. The van der Waals surface area contributed by atoms with E-state index in [1.54, 1.807) is 19.5 Å². The van der Waals surface area contributed by atoms with E-state index in [4.69, 9.17) is 37.9 Å². The van der Waals surface area contributed by atoms with E-state index < -0.39 is 0 Å². The molecular formula is C34H36Cl2N8O2. The fourth-order valence-electron chi connectivity index (χ4n) is 6.43. The van der Waals surface area contributed by atoms with Crippen LogP contribution in [0, 0.1) is 5.41 Å². The Morgan fingerprint density at radius 2 is 1.57 bits per heavy atom. The molecule has 2 aromatic carbocycles. The molecule has 1 saturated heterocycles. The fraction of sp³-hybridized carbons (Fsp3) is 0.324. The van der Waals surface area contributed by atoms with Crippen molar-refractivity contribution in [2.24, 2.45) is 12.5 Å². The van der Waals surface area contributed by atoms with Gasteiger partial charge in [0, 0.05) is 85.6 Å². The van der Waals surface area contributed by atoms with Crippen molar-refractivity contribution in [1.29, 1.82) is 0 Å². The maximum absolute atomic E-state index is 11.3. The molecule has 0 radical (unpaired) electrons. The highest BCUT2D eigenvalue weighted by Crippen LogP contribution is 2.42. The Morgan fingerprint density at radius 3 is 2.17 bits per heavy atom. The van der Waals surface area contributed by atoms with Crippen LogP contribution in [0.1, 0.15) is 17.7 Å². The molecule has 6 rings (SSSR count). The first-order valence-electron chi connectivity index (χ1n) is 15.1. The van der Waals surface area contributed by atoms with Crippen molar-refractivity contribution in [3.63, 3.8) is 0 Å². The number of carbonyl (C=O) groups is 1. The molecule has 3 aromatic heterocycles. The summed E-state index contributed by atoms with van der Waals surface area (Å²) < 4.78 is 7.49. The topological polar surface area (TPSA) is 110 Å². The lowest BCUT2D eigenvalue weighted by Crippen LogP contribution is -2.59. The number of halogens is 2. The monoisotopic (exact) mass is 658 g/mol. The van der Waals surface area contributed by atoms with E-state index in [-0.39, 0.29) is 5.41 Å². The van der Waals surface area contributed by atoms with E-state index >= 15 is 0 Å². The summed E-state index contributed by atoms with van der Waals surface area (Å²) in [5.74, 6) is 0.441. The summed E-state index contributed by atoms with van der Waals surface area (Å²) in [6, 6.07) is 11.6. The van der Waals surface area contributed by atoms with E-state index in [9.17, 15) is 4.79 Å². The van der Waals surface area contributed by atoms with Gasteiger partial charge in [-0.2, -0.15) is 0 Å². The van der Waals surface area contributed by atoms with Crippen LogP contribution in [0.25, 0.3) is 44.8 Å². The van der Waals surface area contributed by atoms with Gasteiger partial charge in [-0.1, -0.05) is 59.6 Å². The van der Waals surface area contributed by atoms with Gasteiger partial charge in [0.25, 0.3) is 0 Å². The Morgan fingerprint density at radius 1 is 0.935 bits per heavy atom. The maximum atomic E-state index is 11.3. The van der Waals surface area contributed by atoms with Gasteiger partial charge in [-0.3, -0.25) is 14.9 Å². The number of methoxy groups -OCH3 is 1. The number of benzene rings is 2. The van der Waals surface area contributed by atoms with Crippen LogP contribution in [0.3, 0.4) is 0 Å². The Balaban J connectivity index is 1.30. The Labute approximate surface area is 278 Å². The largest absolute Gasteiger partial charge is 0.480 e. The molecule has 10 nitrogen and oxygen atoms in total. The molecule has 46 heavy (non-hydrogen) atoms. The fourth-order valence-corrected chi connectivity index (χ4v) is 7.08. The summed E-state index contributed by atoms with van der Waals surface area (Å²) in [5, 5.41) is 7.34. The number of hydrogen-bond donors (Lipinski definition) is 2. The summed E-state index contributed by atoms with van der Waals surface area (Å²) in [7, 11) is 7.32. The number of likely N-dealkylation sites (tertiary alicyclic amines) is 1. The molecule has 2 N–H and O–H groups in total. The lowest BCUT2D eigenvalue weighted by molar-refractivity contribution is -0.113. The summed E-state index contributed by atoms with van der Waals surface area (Å²) in [6.07, 6.45) is 7.14. The van der Waals surface area contributed by atoms with Gasteiger partial charge in [-0.25, -0.2) is 9.97 Å². The third-order valence-electron chi connectivity index (χ3n) is 8.51. The summed E-state index contributed by atoms with van der Waals surface area (Å²) in [6.45, 7) is 3.83. The first-order chi connectivity index (χ1) is 22.3. The van der Waals surface area contributed by atoms with E-state index in [0.717, 1.165) is 71.4 Å². The minimum absolute atomic E-state index is 0.00134. The van der Waals surface area contributed by atoms with E-state index in [2.05, 4.69) is 31.7 Å². The number of rotatable bonds is 12. The predicted octanol–water partition coefficient (Wildman–Crippen LogP) is 5.40. The number of nitrogens with one attached hydrogen (secondary N) is 2. The molecule has 4 heterocycles. The number of ether oxygens (including phenoxy) is 1. The lowest BCUT2D eigenvalue weighted by atomic mass is 9.77. The predicted molar refractivity (Wildman–Crippen MR) is 182 cm³/mol. The molecule has 0 saturated carbocycles. The van der Waals surface area contributed by atoms with Crippen molar-refractivity contribution in [3.8, 4) is 39.5 Å². The third-order valence-corrected chi connectivity index (χ3v) is 9.32. The zero-order chi connectivity index (χ0) is 32.4. The van der Waals surface area contributed by atoms with Gasteiger partial charge in [-0.15, -0.1) is 0 Å². The summed E-state index contributed by atoms with van der Waals surface area (Å²) in [5.41, 5.74) is 7.71. The molecule has 0 aliphatic carbocycles. The van der Waals surface area contributed by atoms with E-state index in [0.29, 0.717) is 46.0 Å². The van der Waals surface area contributed by atoms with Crippen molar-refractivity contribution < 1.29 is 9.53 Å². The van der Waals surface area contributed by atoms with Crippen LogP contribution in [0.2, 0.25) is 10.0 Å². The van der Waals surface area contributed by atoms with Crippen molar-refractivity contribution in [3.05, 3.63) is 76.3 Å². The van der Waals surface area contributed by atoms with E-state index in [1.807, 2.05) is 62.1 Å². The molecule has 1 aliphatic rings. The normalized spacial score (nSPS) is 14.4. The quantitative estimate of drug-likeness (QED) is 0.170. The summed E-state index contributed by atoms with van der Waals surface area (Å²) >= 11 is 14.1. The minimum atomic E-state index is 0.00134. The SMILES string of the molecule is CNCc1ncc(-c2cccc(-c3cccc(-c4cnc5c(CN6CC(CC=O)(CNC)C6)cn(C)c5n4)c3Cl)c2Cl)nc1OC. The van der Waals surface area contributed by atoms with Gasteiger partial charge < -0.3 is 24.7 Å². The molecular weight excluding hydrogens is 623 g/mol. The van der Waals surface area contributed by atoms with Gasteiger partial charge in [0.2, 0.25) is 5.88 Å². The van der Waals surface area contributed by atoms with Crippen molar-refractivity contribution in [1.82, 2.24) is 40.0 Å². The zero-order valence-electron chi connectivity index (χ0n) is 26.3. The maximum Gasteiger partial charge on any atom is 0.237 e. The molecule has 5 aromatic rings. The summed E-state index contributed by atoms with van der Waals surface area (Å²) in [4.78, 5) is 32.7. The molecule has 1 fully saturated rings. The molecule has 0 unspecified atom stereocenters. The second-order valence-corrected chi connectivity index (χ2v) is 12.6. The average molecular weight is 660 g/mol. The molecule has 0 atom stereocenters. The standard InChI is InChI=1S/C34H36Cl2N8O2/c1-37-13-28-33(46-4)42-27(14-39-28)25-10-6-8-23(30(25)36)22-7-5-9-24(29(22)35)26-15-40-31-21(16-43(3)32(31)41-26)17-44-19-34(20-44,11-12-45)18-38-2/h5-10,12,14-16,37-38H,11,13,17-20H2,1-4H3. The van der Waals surface area contributed by atoms with Crippen molar-refractivity contribution in [2.45, 2.75) is 19.5 Å². The van der Waals surface area contributed by atoms with Crippen LogP contribution in [0.15, 0.2) is 55.0 Å². The van der Waals surface area contributed by atoms with Crippen LogP contribution in [-0.2, 0) is 24.9 Å².